The predicted octanol–water partition coefficient (Wildman–Crippen LogP) is 2.79. The number of carbonyl (C=O) groups excluding carboxylic acids is 2. The van der Waals surface area contributed by atoms with Crippen molar-refractivity contribution in [3.8, 4) is 0 Å². The lowest BCUT2D eigenvalue weighted by molar-refractivity contribution is -0.122. The van der Waals surface area contributed by atoms with Gasteiger partial charge in [-0.1, -0.05) is 0 Å². The summed E-state index contributed by atoms with van der Waals surface area (Å²) in [5.41, 5.74) is 1.46. The first kappa shape index (κ1) is 17.0. The van der Waals surface area contributed by atoms with Crippen LogP contribution in [0.15, 0.2) is 36.4 Å². The molecule has 2 heterocycles. The summed E-state index contributed by atoms with van der Waals surface area (Å²) in [5.74, 6) is 0.927. The standard InChI is InChI=1S/C18H20N4O3/c1-12(23)13-2-4-15(5-3-13)19-16-6-7-17(22-21-16)20-18(24)14-8-10-25-11-9-14/h2-7,14H,8-11H2,1H3,(H,19,21)(H,20,22,24). The lowest BCUT2D eigenvalue weighted by Gasteiger charge is -2.20. The SMILES string of the molecule is CC(=O)c1ccc(Nc2ccc(NC(=O)C3CCOCC3)nn2)cc1. The van der Waals surface area contributed by atoms with E-state index in [2.05, 4.69) is 20.8 Å². The molecule has 7 nitrogen and oxygen atoms in total. The zero-order valence-electron chi connectivity index (χ0n) is 14.0. The molecule has 1 saturated heterocycles. The molecule has 1 aromatic carbocycles. The van der Waals surface area contributed by atoms with E-state index in [1.165, 1.54) is 6.92 Å². The van der Waals surface area contributed by atoms with Gasteiger partial charge in [-0.05, 0) is 56.2 Å². The fourth-order valence-corrected chi connectivity index (χ4v) is 2.59. The van der Waals surface area contributed by atoms with Gasteiger partial charge in [0.05, 0.1) is 0 Å². The van der Waals surface area contributed by atoms with Crippen LogP contribution in [0.4, 0.5) is 17.3 Å². The summed E-state index contributed by atoms with van der Waals surface area (Å²) in [6.45, 7) is 2.77. The maximum absolute atomic E-state index is 12.2. The third kappa shape index (κ3) is 4.60. The van der Waals surface area contributed by atoms with Crippen LogP contribution in [0.2, 0.25) is 0 Å². The second kappa shape index (κ2) is 7.85. The molecule has 1 aliphatic rings. The lowest BCUT2D eigenvalue weighted by atomic mass is 9.99. The Labute approximate surface area is 145 Å². The number of Topliss-reactive ketones (excluding diaryl/α,β-unsaturated/α-hetero) is 1. The van der Waals surface area contributed by atoms with E-state index < -0.39 is 0 Å². The van der Waals surface area contributed by atoms with Crippen LogP contribution in [0.1, 0.15) is 30.1 Å². The summed E-state index contributed by atoms with van der Waals surface area (Å²) in [7, 11) is 0. The number of carbonyl (C=O) groups is 2. The number of benzene rings is 1. The molecule has 0 bridgehead atoms. The second-order valence-electron chi connectivity index (χ2n) is 5.94. The van der Waals surface area contributed by atoms with Crippen LogP contribution in [0, 0.1) is 5.92 Å². The van der Waals surface area contributed by atoms with Crippen LogP contribution in [0.3, 0.4) is 0 Å². The molecule has 1 amide bonds. The van der Waals surface area contributed by atoms with Crippen molar-refractivity contribution in [2.24, 2.45) is 5.92 Å². The number of rotatable bonds is 5. The highest BCUT2D eigenvalue weighted by Crippen LogP contribution is 2.18. The van der Waals surface area contributed by atoms with Gasteiger partial charge in [-0.25, -0.2) is 0 Å². The monoisotopic (exact) mass is 340 g/mol. The van der Waals surface area contributed by atoms with Crippen LogP contribution in [0.5, 0.6) is 0 Å². The molecular formula is C18H20N4O3. The average molecular weight is 340 g/mol. The third-order valence-electron chi connectivity index (χ3n) is 4.07. The van der Waals surface area contributed by atoms with Crippen LogP contribution in [0.25, 0.3) is 0 Å². The van der Waals surface area contributed by atoms with Gasteiger partial charge in [-0.3, -0.25) is 9.59 Å². The zero-order valence-corrected chi connectivity index (χ0v) is 14.0. The molecule has 0 aliphatic carbocycles. The van der Waals surface area contributed by atoms with Crippen molar-refractivity contribution >= 4 is 29.0 Å². The normalized spacial score (nSPS) is 14.8. The quantitative estimate of drug-likeness (QED) is 0.813. The summed E-state index contributed by atoms with van der Waals surface area (Å²) in [4.78, 5) is 23.4. The first-order chi connectivity index (χ1) is 12.1. The summed E-state index contributed by atoms with van der Waals surface area (Å²) >= 11 is 0. The minimum Gasteiger partial charge on any atom is -0.381 e. The van der Waals surface area contributed by atoms with E-state index in [9.17, 15) is 9.59 Å². The van der Waals surface area contributed by atoms with Crippen LogP contribution in [-0.4, -0.2) is 35.1 Å². The Bertz CT molecular complexity index is 738. The molecule has 0 saturated carbocycles. The maximum atomic E-state index is 12.2. The van der Waals surface area contributed by atoms with E-state index in [0.717, 1.165) is 18.5 Å². The van der Waals surface area contributed by atoms with Crippen molar-refractivity contribution < 1.29 is 14.3 Å². The molecule has 130 valence electrons. The Kier molecular flexibility index (Phi) is 5.35. The first-order valence-electron chi connectivity index (χ1n) is 8.22. The molecule has 2 N–H and O–H groups in total. The first-order valence-corrected chi connectivity index (χ1v) is 8.22. The Morgan fingerprint density at radius 2 is 1.64 bits per heavy atom. The highest BCUT2D eigenvalue weighted by Gasteiger charge is 2.21. The number of anilines is 3. The van der Waals surface area contributed by atoms with E-state index in [1.54, 1.807) is 36.4 Å². The number of hydrogen-bond acceptors (Lipinski definition) is 6. The van der Waals surface area contributed by atoms with Gasteiger partial charge < -0.3 is 15.4 Å². The number of aromatic nitrogens is 2. The maximum Gasteiger partial charge on any atom is 0.228 e. The Morgan fingerprint density at radius 1 is 1.00 bits per heavy atom. The lowest BCUT2D eigenvalue weighted by Crippen LogP contribution is -2.28. The minimum absolute atomic E-state index is 0.0240. The number of ketones is 1. The third-order valence-corrected chi connectivity index (χ3v) is 4.07. The van der Waals surface area contributed by atoms with Crippen molar-refractivity contribution in [3.63, 3.8) is 0 Å². The summed E-state index contributed by atoms with van der Waals surface area (Å²) in [5, 5.41) is 14.0. The molecule has 0 atom stereocenters. The fraction of sp³-hybridized carbons (Fsp3) is 0.333. The molecule has 1 fully saturated rings. The van der Waals surface area contributed by atoms with Crippen molar-refractivity contribution in [3.05, 3.63) is 42.0 Å². The summed E-state index contributed by atoms with van der Waals surface area (Å²) in [6.07, 6.45) is 1.46. The van der Waals surface area contributed by atoms with Crippen LogP contribution in [-0.2, 0) is 9.53 Å². The van der Waals surface area contributed by atoms with E-state index in [4.69, 9.17) is 4.74 Å². The summed E-state index contributed by atoms with van der Waals surface area (Å²) in [6, 6.07) is 10.6. The largest absolute Gasteiger partial charge is 0.381 e. The topological polar surface area (TPSA) is 93.2 Å². The molecule has 3 rings (SSSR count). The Hall–Kier alpha value is -2.80. The molecule has 1 aliphatic heterocycles. The molecule has 2 aromatic rings. The van der Waals surface area contributed by atoms with Crippen molar-refractivity contribution in [1.82, 2.24) is 10.2 Å². The Morgan fingerprint density at radius 3 is 2.24 bits per heavy atom. The van der Waals surface area contributed by atoms with Gasteiger partial charge >= 0.3 is 0 Å². The predicted molar refractivity (Wildman–Crippen MR) is 93.9 cm³/mol. The molecule has 0 unspecified atom stereocenters. The smallest absolute Gasteiger partial charge is 0.228 e. The molecule has 0 spiro atoms. The number of nitrogens with one attached hydrogen (secondary N) is 2. The van der Waals surface area contributed by atoms with Crippen molar-refractivity contribution in [2.75, 3.05) is 23.8 Å². The van der Waals surface area contributed by atoms with Gasteiger partial charge in [-0.2, -0.15) is 0 Å². The van der Waals surface area contributed by atoms with Gasteiger partial charge in [0, 0.05) is 30.4 Å². The second-order valence-corrected chi connectivity index (χ2v) is 5.94. The summed E-state index contributed by atoms with van der Waals surface area (Å²) < 4.78 is 5.26. The average Bonchev–Trinajstić information content (AvgIpc) is 2.64. The molecule has 7 heteroatoms. The molecular weight excluding hydrogens is 320 g/mol. The van der Waals surface area contributed by atoms with Gasteiger partial charge in [-0.15, -0.1) is 10.2 Å². The van der Waals surface area contributed by atoms with Crippen LogP contribution >= 0.6 is 0 Å². The van der Waals surface area contributed by atoms with E-state index in [-0.39, 0.29) is 17.6 Å². The van der Waals surface area contributed by atoms with Gasteiger partial charge in [0.15, 0.2) is 17.4 Å². The van der Waals surface area contributed by atoms with Crippen LogP contribution < -0.4 is 10.6 Å². The number of nitrogens with zero attached hydrogens (tertiary/aromatic N) is 2. The van der Waals surface area contributed by atoms with Crippen molar-refractivity contribution in [2.45, 2.75) is 19.8 Å². The van der Waals surface area contributed by atoms with Gasteiger partial charge in [0.25, 0.3) is 0 Å². The minimum atomic E-state index is -0.0434. The van der Waals surface area contributed by atoms with Gasteiger partial charge in [0.2, 0.25) is 5.91 Å². The zero-order chi connectivity index (χ0) is 17.6. The molecule has 25 heavy (non-hydrogen) atoms. The number of amides is 1. The van der Waals surface area contributed by atoms with Gasteiger partial charge in [0.1, 0.15) is 0 Å². The highest BCUT2D eigenvalue weighted by atomic mass is 16.5. The van der Waals surface area contributed by atoms with E-state index in [0.29, 0.717) is 30.4 Å². The highest BCUT2D eigenvalue weighted by molar-refractivity contribution is 5.94. The van der Waals surface area contributed by atoms with Crippen molar-refractivity contribution in [1.29, 1.82) is 0 Å². The Balaban J connectivity index is 1.58. The van der Waals surface area contributed by atoms with E-state index >= 15 is 0 Å². The molecule has 1 aromatic heterocycles. The fourth-order valence-electron chi connectivity index (χ4n) is 2.59. The number of ether oxygens (including phenoxy) is 1. The molecule has 0 radical (unpaired) electrons. The van der Waals surface area contributed by atoms with E-state index in [1.807, 2.05) is 0 Å². The number of hydrogen-bond donors (Lipinski definition) is 2.